The summed E-state index contributed by atoms with van der Waals surface area (Å²) < 4.78 is 33.5. The van der Waals surface area contributed by atoms with Crippen LogP contribution in [0.15, 0.2) is 42.5 Å². The molecule has 2 aromatic rings. The monoisotopic (exact) mass is 534 g/mol. The highest BCUT2D eigenvalue weighted by Gasteiger charge is 2.27. The smallest absolute Gasteiger partial charge is 0.246 e. The summed E-state index contributed by atoms with van der Waals surface area (Å²) in [5, 5.41) is 5.00. The number of hydrogen-bond acceptors (Lipinski definition) is 7. The highest BCUT2D eigenvalue weighted by atomic mass is 19.1. The minimum atomic E-state index is -1.24. The molecule has 0 saturated carbocycles. The Labute approximate surface area is 220 Å². The van der Waals surface area contributed by atoms with Gasteiger partial charge in [0.2, 0.25) is 17.7 Å². The molecule has 0 aliphatic rings. The van der Waals surface area contributed by atoms with E-state index in [1.807, 2.05) is 30.3 Å². The molecule has 0 spiro atoms. The summed E-state index contributed by atoms with van der Waals surface area (Å²) >= 11 is 0. The molecule has 0 aromatic heterocycles. The number of carbonyl (C=O) groups is 3. The zero-order valence-electron chi connectivity index (χ0n) is 21.4. The Balaban J connectivity index is 2.15. The largest absolute Gasteiger partial charge is 0.488 e. The lowest BCUT2D eigenvalue weighted by atomic mass is 10.0. The molecular formula is C26H36F2N6O4. The van der Waals surface area contributed by atoms with Gasteiger partial charge in [0.15, 0.2) is 17.4 Å². The molecule has 0 saturated heterocycles. The van der Waals surface area contributed by atoms with Gasteiger partial charge in [0, 0.05) is 44.0 Å². The van der Waals surface area contributed by atoms with Gasteiger partial charge in [0.25, 0.3) is 0 Å². The maximum Gasteiger partial charge on any atom is 0.246 e. The van der Waals surface area contributed by atoms with Crippen molar-refractivity contribution in [1.29, 1.82) is 0 Å². The second kappa shape index (κ2) is 15.6. The second-order valence-electron chi connectivity index (χ2n) is 8.55. The summed E-state index contributed by atoms with van der Waals surface area (Å²) in [4.78, 5) is 39.9. The maximum absolute atomic E-state index is 14.3. The number of nitrogens with zero attached hydrogens (tertiary/aromatic N) is 1. The second-order valence-corrected chi connectivity index (χ2v) is 8.55. The van der Waals surface area contributed by atoms with E-state index in [-0.39, 0.29) is 51.3 Å². The highest BCUT2D eigenvalue weighted by Crippen LogP contribution is 2.26. The number of nitrogens with one attached hydrogen (secondary N) is 2. The van der Waals surface area contributed by atoms with E-state index in [2.05, 4.69) is 10.6 Å². The first-order valence-corrected chi connectivity index (χ1v) is 12.4. The van der Waals surface area contributed by atoms with Crippen molar-refractivity contribution in [3.8, 4) is 5.75 Å². The molecule has 12 heteroatoms. The molecule has 208 valence electrons. The number of hydrogen-bond donors (Lipinski definition) is 5. The van der Waals surface area contributed by atoms with Crippen LogP contribution in [0.2, 0.25) is 0 Å². The van der Waals surface area contributed by atoms with Crippen LogP contribution in [-0.4, -0.2) is 67.5 Å². The van der Waals surface area contributed by atoms with Gasteiger partial charge in [-0.1, -0.05) is 30.3 Å². The van der Waals surface area contributed by atoms with Crippen molar-refractivity contribution in [3.05, 3.63) is 59.7 Å². The number of halogens is 2. The molecule has 0 heterocycles. The molecule has 2 atom stereocenters. The lowest BCUT2D eigenvalue weighted by molar-refractivity contribution is -0.134. The summed E-state index contributed by atoms with van der Waals surface area (Å²) in [6.45, 7) is 2.62. The normalized spacial score (nSPS) is 12.4. The van der Waals surface area contributed by atoms with E-state index < -0.39 is 47.2 Å². The van der Waals surface area contributed by atoms with Gasteiger partial charge in [0.1, 0.15) is 6.04 Å². The van der Waals surface area contributed by atoms with Crippen molar-refractivity contribution in [3.63, 3.8) is 0 Å². The zero-order chi connectivity index (χ0) is 28.1. The van der Waals surface area contributed by atoms with E-state index in [4.69, 9.17) is 21.9 Å². The molecule has 0 aliphatic heterocycles. The first-order chi connectivity index (χ1) is 18.2. The summed E-state index contributed by atoms with van der Waals surface area (Å²) in [7, 11) is 0. The van der Waals surface area contributed by atoms with E-state index in [1.165, 1.54) is 4.90 Å². The Morgan fingerprint density at radius 1 is 1.00 bits per heavy atom. The Hall–Kier alpha value is -3.61. The summed E-state index contributed by atoms with van der Waals surface area (Å²) in [6, 6.07) is 8.75. The van der Waals surface area contributed by atoms with Gasteiger partial charge in [-0.15, -0.1) is 0 Å². The van der Waals surface area contributed by atoms with Crippen LogP contribution in [-0.2, 0) is 20.8 Å². The lowest BCUT2D eigenvalue weighted by Crippen LogP contribution is -2.52. The fraction of sp³-hybridized carbons (Fsp3) is 0.423. The third-order valence-corrected chi connectivity index (χ3v) is 5.63. The van der Waals surface area contributed by atoms with Crippen LogP contribution in [0.3, 0.4) is 0 Å². The van der Waals surface area contributed by atoms with Gasteiger partial charge >= 0.3 is 0 Å². The first-order valence-electron chi connectivity index (χ1n) is 12.4. The van der Waals surface area contributed by atoms with Crippen molar-refractivity contribution in [2.24, 2.45) is 17.2 Å². The van der Waals surface area contributed by atoms with Gasteiger partial charge < -0.3 is 37.5 Å². The van der Waals surface area contributed by atoms with Crippen LogP contribution in [0.25, 0.3) is 0 Å². The van der Waals surface area contributed by atoms with E-state index in [9.17, 15) is 23.2 Å². The zero-order valence-corrected chi connectivity index (χ0v) is 21.4. The van der Waals surface area contributed by atoms with E-state index in [0.717, 1.165) is 17.7 Å². The van der Waals surface area contributed by atoms with Crippen LogP contribution in [0.1, 0.15) is 25.3 Å². The average molecular weight is 535 g/mol. The standard InChI is InChI=1S/C26H36F2N6O4/c1-2-38-24-19(27)14-18(15-20(24)28)32-26(37)22(9-8-17-6-4-3-5-7-17)33-25(36)21(31)16-23(35)34(12-10-29)13-11-30/h3-7,14-15,21-22H,2,8-13,16,29-31H2,1H3,(H,32,37)(H,33,36)/t21-,22-/m0/s1. The minimum Gasteiger partial charge on any atom is -0.488 e. The molecule has 2 aromatic carbocycles. The van der Waals surface area contributed by atoms with Crippen molar-refractivity contribution in [1.82, 2.24) is 10.2 Å². The van der Waals surface area contributed by atoms with Gasteiger partial charge in [-0.2, -0.15) is 0 Å². The van der Waals surface area contributed by atoms with Gasteiger partial charge in [-0.25, -0.2) is 8.78 Å². The number of aryl methyl sites for hydroxylation is 1. The Kier molecular flexibility index (Phi) is 12.6. The first kappa shape index (κ1) is 30.6. The van der Waals surface area contributed by atoms with Crippen molar-refractivity contribution in [2.75, 3.05) is 38.1 Å². The minimum absolute atomic E-state index is 0.0616. The van der Waals surface area contributed by atoms with Crippen LogP contribution in [0.4, 0.5) is 14.5 Å². The Morgan fingerprint density at radius 2 is 1.61 bits per heavy atom. The molecule has 0 bridgehead atoms. The molecule has 0 radical (unpaired) electrons. The fourth-order valence-electron chi connectivity index (χ4n) is 3.73. The Morgan fingerprint density at radius 3 is 2.16 bits per heavy atom. The fourth-order valence-corrected chi connectivity index (χ4v) is 3.73. The molecule has 8 N–H and O–H groups in total. The predicted octanol–water partition coefficient (Wildman–Crippen LogP) is 0.883. The van der Waals surface area contributed by atoms with Crippen molar-refractivity contribution in [2.45, 2.75) is 38.3 Å². The molecule has 38 heavy (non-hydrogen) atoms. The summed E-state index contributed by atoms with van der Waals surface area (Å²) in [5.41, 5.74) is 17.8. The molecule has 2 rings (SSSR count). The van der Waals surface area contributed by atoms with Crippen molar-refractivity contribution < 1.29 is 27.9 Å². The third kappa shape index (κ3) is 9.36. The van der Waals surface area contributed by atoms with Crippen LogP contribution in [0, 0.1) is 11.6 Å². The SMILES string of the molecule is CCOc1c(F)cc(NC(=O)[C@H](CCc2ccccc2)NC(=O)[C@@H](N)CC(=O)N(CCN)CCN)cc1F. The average Bonchev–Trinajstić information content (AvgIpc) is 2.88. The predicted molar refractivity (Wildman–Crippen MR) is 140 cm³/mol. The number of carbonyl (C=O) groups excluding carboxylic acids is 3. The number of rotatable bonds is 15. The Bertz CT molecular complexity index is 1040. The third-order valence-electron chi connectivity index (χ3n) is 5.63. The number of anilines is 1. The molecule has 3 amide bonds. The summed E-state index contributed by atoms with van der Waals surface area (Å²) in [5.74, 6) is -4.33. The molecule has 0 aliphatic carbocycles. The van der Waals surface area contributed by atoms with Crippen LogP contribution in [0.5, 0.6) is 5.75 Å². The van der Waals surface area contributed by atoms with Crippen molar-refractivity contribution >= 4 is 23.4 Å². The number of benzene rings is 2. The number of ether oxygens (including phenoxy) is 1. The van der Waals surface area contributed by atoms with Crippen LogP contribution >= 0.6 is 0 Å². The lowest BCUT2D eigenvalue weighted by Gasteiger charge is -2.24. The molecule has 0 fully saturated rings. The van der Waals surface area contributed by atoms with E-state index in [1.54, 1.807) is 6.92 Å². The van der Waals surface area contributed by atoms with Gasteiger partial charge in [0.05, 0.1) is 19.1 Å². The quantitative estimate of drug-likeness (QED) is 0.226. The maximum atomic E-state index is 14.3. The molecule has 10 nitrogen and oxygen atoms in total. The number of amides is 3. The molecule has 0 unspecified atom stereocenters. The topological polar surface area (TPSA) is 166 Å². The number of nitrogens with two attached hydrogens (primary N) is 3. The highest BCUT2D eigenvalue weighted by molar-refractivity contribution is 5.98. The van der Waals surface area contributed by atoms with E-state index in [0.29, 0.717) is 6.42 Å². The molecular weight excluding hydrogens is 498 g/mol. The van der Waals surface area contributed by atoms with E-state index >= 15 is 0 Å². The summed E-state index contributed by atoms with van der Waals surface area (Å²) in [6.07, 6.45) is 0.269. The van der Waals surface area contributed by atoms with Gasteiger partial charge in [-0.05, 0) is 25.3 Å². The van der Waals surface area contributed by atoms with Gasteiger partial charge in [-0.3, -0.25) is 14.4 Å². The van der Waals surface area contributed by atoms with Crippen LogP contribution < -0.4 is 32.6 Å².